The number of carboxylic acids is 1. The first-order valence-corrected chi connectivity index (χ1v) is 7.02. The van der Waals surface area contributed by atoms with Gasteiger partial charge in [-0.05, 0) is 36.6 Å². The molecule has 20 heavy (non-hydrogen) atoms. The summed E-state index contributed by atoms with van der Waals surface area (Å²) in [5.41, 5.74) is 1.95. The second kappa shape index (κ2) is 6.51. The molecular formula is C13H14FN3O2S. The van der Waals surface area contributed by atoms with E-state index in [2.05, 4.69) is 10.2 Å². The molecule has 0 amide bonds. The van der Waals surface area contributed by atoms with E-state index in [0.717, 1.165) is 22.9 Å². The zero-order chi connectivity index (χ0) is 14.5. The highest BCUT2D eigenvalue weighted by Crippen LogP contribution is 2.16. The highest BCUT2D eigenvalue weighted by atomic mass is 32.2. The Bertz CT molecular complexity index is 615. The molecule has 0 unspecified atom stereocenters. The van der Waals surface area contributed by atoms with E-state index < -0.39 is 5.97 Å². The van der Waals surface area contributed by atoms with E-state index in [1.54, 1.807) is 17.0 Å². The number of hydrogen-bond donors (Lipinski definition) is 1. The average Bonchev–Trinajstić information content (AvgIpc) is 2.83. The summed E-state index contributed by atoms with van der Waals surface area (Å²) >= 11 is 1.13. The summed E-state index contributed by atoms with van der Waals surface area (Å²) in [6.45, 7) is 2.49. The SMILES string of the molecule is Cc1cc(F)ccc1CCn1cnnc1SCC(=O)O. The second-order valence-electron chi connectivity index (χ2n) is 4.31. The molecule has 0 bridgehead atoms. The maximum atomic E-state index is 13.0. The van der Waals surface area contributed by atoms with Crippen molar-refractivity contribution in [2.75, 3.05) is 5.75 Å². The van der Waals surface area contributed by atoms with E-state index in [1.807, 2.05) is 6.92 Å². The molecule has 0 aliphatic rings. The summed E-state index contributed by atoms with van der Waals surface area (Å²) in [5.74, 6) is -1.18. The first-order chi connectivity index (χ1) is 9.56. The van der Waals surface area contributed by atoms with E-state index in [-0.39, 0.29) is 11.6 Å². The highest BCUT2D eigenvalue weighted by Gasteiger charge is 2.08. The van der Waals surface area contributed by atoms with Crippen molar-refractivity contribution in [3.8, 4) is 0 Å². The molecule has 2 rings (SSSR count). The van der Waals surface area contributed by atoms with E-state index in [0.29, 0.717) is 18.1 Å². The van der Waals surface area contributed by atoms with Crippen LogP contribution in [-0.4, -0.2) is 31.6 Å². The number of nitrogens with zero attached hydrogens (tertiary/aromatic N) is 3. The van der Waals surface area contributed by atoms with Gasteiger partial charge < -0.3 is 9.67 Å². The maximum absolute atomic E-state index is 13.0. The lowest BCUT2D eigenvalue weighted by atomic mass is 10.1. The Morgan fingerprint density at radius 1 is 1.50 bits per heavy atom. The summed E-state index contributed by atoms with van der Waals surface area (Å²) in [6.07, 6.45) is 2.29. The van der Waals surface area contributed by atoms with Gasteiger partial charge in [0.25, 0.3) is 0 Å². The number of carboxylic acid groups (broad SMARTS) is 1. The predicted molar refractivity (Wildman–Crippen MR) is 73.2 cm³/mol. The largest absolute Gasteiger partial charge is 0.481 e. The average molecular weight is 295 g/mol. The number of thioether (sulfide) groups is 1. The van der Waals surface area contributed by atoms with Crippen molar-refractivity contribution in [1.82, 2.24) is 14.8 Å². The molecule has 5 nitrogen and oxygen atoms in total. The van der Waals surface area contributed by atoms with Gasteiger partial charge in [0.1, 0.15) is 12.1 Å². The fourth-order valence-corrected chi connectivity index (χ4v) is 2.48. The molecule has 1 heterocycles. The van der Waals surface area contributed by atoms with Crippen molar-refractivity contribution in [3.63, 3.8) is 0 Å². The molecule has 1 aromatic heterocycles. The van der Waals surface area contributed by atoms with Gasteiger partial charge in [-0.2, -0.15) is 0 Å². The maximum Gasteiger partial charge on any atom is 0.313 e. The fraction of sp³-hybridized carbons (Fsp3) is 0.308. The third-order valence-electron chi connectivity index (χ3n) is 2.83. The third kappa shape index (κ3) is 3.80. The van der Waals surface area contributed by atoms with Crippen molar-refractivity contribution in [2.24, 2.45) is 0 Å². The van der Waals surface area contributed by atoms with Crippen LogP contribution < -0.4 is 0 Å². The molecule has 0 aliphatic heterocycles. The summed E-state index contributed by atoms with van der Waals surface area (Å²) in [6, 6.07) is 4.70. The normalized spacial score (nSPS) is 10.7. The Kier molecular flexibility index (Phi) is 4.73. The van der Waals surface area contributed by atoms with E-state index in [4.69, 9.17) is 5.11 Å². The summed E-state index contributed by atoms with van der Waals surface area (Å²) < 4.78 is 14.8. The van der Waals surface area contributed by atoms with E-state index in [9.17, 15) is 9.18 Å². The summed E-state index contributed by atoms with van der Waals surface area (Å²) in [7, 11) is 0. The van der Waals surface area contributed by atoms with Gasteiger partial charge in [-0.1, -0.05) is 17.8 Å². The molecule has 0 atom stereocenters. The topological polar surface area (TPSA) is 68.0 Å². The zero-order valence-electron chi connectivity index (χ0n) is 10.9. The molecule has 0 saturated carbocycles. The Morgan fingerprint density at radius 2 is 2.30 bits per heavy atom. The summed E-state index contributed by atoms with van der Waals surface area (Å²) in [5, 5.41) is 16.9. The molecule has 0 spiro atoms. The van der Waals surface area contributed by atoms with Crippen LogP contribution in [0.3, 0.4) is 0 Å². The molecule has 0 saturated heterocycles. The van der Waals surface area contributed by atoms with Crippen molar-refractivity contribution in [1.29, 1.82) is 0 Å². The number of hydrogen-bond acceptors (Lipinski definition) is 4. The van der Waals surface area contributed by atoms with Gasteiger partial charge in [0.2, 0.25) is 0 Å². The van der Waals surface area contributed by atoms with Crippen LogP contribution in [-0.2, 0) is 17.8 Å². The lowest BCUT2D eigenvalue weighted by Crippen LogP contribution is -2.05. The van der Waals surface area contributed by atoms with Crippen LogP contribution in [0, 0.1) is 12.7 Å². The number of rotatable bonds is 6. The van der Waals surface area contributed by atoms with Gasteiger partial charge in [0, 0.05) is 6.54 Å². The molecule has 7 heteroatoms. The first-order valence-electron chi connectivity index (χ1n) is 6.03. The van der Waals surface area contributed by atoms with Gasteiger partial charge in [0.15, 0.2) is 5.16 Å². The quantitative estimate of drug-likeness (QED) is 0.827. The fourth-order valence-electron chi connectivity index (χ4n) is 1.82. The number of aryl methyl sites for hydroxylation is 3. The number of benzene rings is 1. The van der Waals surface area contributed by atoms with Crippen molar-refractivity contribution in [2.45, 2.75) is 25.0 Å². The molecule has 1 N–H and O–H groups in total. The molecule has 1 aromatic carbocycles. The molecule has 0 fully saturated rings. The molecule has 2 aromatic rings. The van der Waals surface area contributed by atoms with Gasteiger partial charge in [-0.3, -0.25) is 4.79 Å². The van der Waals surface area contributed by atoms with Crippen molar-refractivity contribution >= 4 is 17.7 Å². The van der Waals surface area contributed by atoms with Crippen LogP contribution in [0.15, 0.2) is 29.7 Å². The monoisotopic (exact) mass is 295 g/mol. The molecule has 106 valence electrons. The van der Waals surface area contributed by atoms with Gasteiger partial charge >= 0.3 is 5.97 Å². The first kappa shape index (κ1) is 14.5. The number of halogens is 1. The van der Waals surface area contributed by atoms with Gasteiger partial charge in [0.05, 0.1) is 5.75 Å². The minimum atomic E-state index is -0.890. The Hall–Kier alpha value is -1.89. The second-order valence-corrected chi connectivity index (χ2v) is 5.25. The number of carbonyl (C=O) groups is 1. The Morgan fingerprint density at radius 3 is 3.00 bits per heavy atom. The van der Waals surface area contributed by atoms with Gasteiger partial charge in [-0.25, -0.2) is 4.39 Å². The zero-order valence-corrected chi connectivity index (χ0v) is 11.7. The number of aliphatic carboxylic acids is 1. The molecular weight excluding hydrogens is 281 g/mol. The Balaban J connectivity index is 2.00. The van der Waals surface area contributed by atoms with Crippen molar-refractivity contribution in [3.05, 3.63) is 41.5 Å². The standard InChI is InChI=1S/C13H14FN3O2S/c1-9-6-11(14)3-2-10(9)4-5-17-8-15-16-13(17)20-7-12(18)19/h2-3,6,8H,4-5,7H2,1H3,(H,18,19). The van der Waals surface area contributed by atoms with Crippen LogP contribution in [0.4, 0.5) is 4.39 Å². The van der Waals surface area contributed by atoms with Crippen LogP contribution in [0.25, 0.3) is 0 Å². The molecule has 0 radical (unpaired) electrons. The lowest BCUT2D eigenvalue weighted by Gasteiger charge is -2.08. The summed E-state index contributed by atoms with van der Waals surface area (Å²) in [4.78, 5) is 10.5. The highest BCUT2D eigenvalue weighted by molar-refractivity contribution is 7.99. The Labute approximate surface area is 119 Å². The van der Waals surface area contributed by atoms with Crippen LogP contribution in [0.2, 0.25) is 0 Å². The number of aromatic nitrogens is 3. The van der Waals surface area contributed by atoms with Crippen LogP contribution in [0.5, 0.6) is 0 Å². The lowest BCUT2D eigenvalue weighted by molar-refractivity contribution is -0.133. The molecule has 0 aliphatic carbocycles. The van der Waals surface area contributed by atoms with Crippen molar-refractivity contribution < 1.29 is 14.3 Å². The van der Waals surface area contributed by atoms with E-state index in [1.165, 1.54) is 12.1 Å². The minimum absolute atomic E-state index is 0.0474. The van der Waals surface area contributed by atoms with Crippen LogP contribution in [0.1, 0.15) is 11.1 Å². The predicted octanol–water partition coefficient (Wildman–Crippen LogP) is 2.15. The smallest absolute Gasteiger partial charge is 0.313 e. The van der Waals surface area contributed by atoms with Gasteiger partial charge in [-0.15, -0.1) is 10.2 Å². The third-order valence-corrected chi connectivity index (χ3v) is 3.80. The minimum Gasteiger partial charge on any atom is -0.481 e. The van der Waals surface area contributed by atoms with Crippen LogP contribution >= 0.6 is 11.8 Å². The van der Waals surface area contributed by atoms with E-state index >= 15 is 0 Å².